The highest BCUT2D eigenvalue weighted by molar-refractivity contribution is 5.90. The number of nitrogens with one attached hydrogen (secondary N) is 2. The van der Waals surface area contributed by atoms with E-state index in [2.05, 4.69) is 61.7 Å². The third kappa shape index (κ3) is 7.26. The standard InChI is InChI=1S/C42H41N7O4/c50-37(28-8-3-1-4-9-28)40(52)48-19-17-27(26-48)22-44-42-45-23-34(24-46-42)32-14-13-31-21-33(16-15-30(31)20-32)35-25-43-39(47-35)36-12-7-18-49(36)41(53)38(51)29-10-5-2-6-11-29/h1-6,8-11,13-16,20-21,23-25,27,36-38,50-51H,7,12,17-19,22,26H2,(H,43,47)(H,44,45,46)/t27-,36+,37+,38+/m1/s1. The number of amides is 2. The van der Waals surface area contributed by atoms with Crippen LogP contribution in [-0.4, -0.2) is 77.9 Å². The van der Waals surface area contributed by atoms with Gasteiger partial charge in [0, 0.05) is 49.7 Å². The summed E-state index contributed by atoms with van der Waals surface area (Å²) in [5.41, 5.74) is 4.96. The highest BCUT2D eigenvalue weighted by Crippen LogP contribution is 2.35. The Morgan fingerprint density at radius 1 is 0.736 bits per heavy atom. The summed E-state index contributed by atoms with van der Waals surface area (Å²) in [5, 5.41) is 26.8. The Bertz CT molecular complexity index is 2210. The quantitative estimate of drug-likeness (QED) is 0.134. The first kappa shape index (κ1) is 34.2. The molecule has 2 aromatic heterocycles. The molecule has 0 bridgehead atoms. The maximum atomic E-state index is 13.3. The van der Waals surface area contributed by atoms with Gasteiger partial charge in [-0.2, -0.15) is 0 Å². The van der Waals surface area contributed by atoms with Crippen molar-refractivity contribution in [2.75, 3.05) is 31.5 Å². The molecule has 4 atom stereocenters. The maximum absolute atomic E-state index is 13.3. The Balaban J connectivity index is 0.879. The summed E-state index contributed by atoms with van der Waals surface area (Å²) in [7, 11) is 0. The fourth-order valence-electron chi connectivity index (χ4n) is 7.45. The lowest BCUT2D eigenvalue weighted by Gasteiger charge is -2.25. The summed E-state index contributed by atoms with van der Waals surface area (Å²) in [6.45, 7) is 2.41. The molecule has 53 heavy (non-hydrogen) atoms. The average molecular weight is 708 g/mol. The van der Waals surface area contributed by atoms with E-state index in [-0.39, 0.29) is 23.8 Å². The topological polar surface area (TPSA) is 148 Å². The van der Waals surface area contributed by atoms with Crippen molar-refractivity contribution >= 4 is 28.5 Å². The predicted octanol–water partition coefficient (Wildman–Crippen LogP) is 6.08. The molecule has 11 nitrogen and oxygen atoms in total. The van der Waals surface area contributed by atoms with E-state index >= 15 is 0 Å². The number of hydrogen-bond donors (Lipinski definition) is 4. The molecule has 0 aliphatic carbocycles. The lowest BCUT2D eigenvalue weighted by Crippen LogP contribution is -2.35. The molecule has 2 amide bonds. The van der Waals surface area contributed by atoms with Crippen LogP contribution >= 0.6 is 0 Å². The van der Waals surface area contributed by atoms with Crippen LogP contribution in [0.2, 0.25) is 0 Å². The fraction of sp³-hybridized carbons (Fsp3) is 0.262. The second kappa shape index (κ2) is 15.0. The number of aromatic nitrogens is 4. The molecule has 2 saturated heterocycles. The first-order chi connectivity index (χ1) is 25.9. The molecule has 2 aliphatic rings. The predicted molar refractivity (Wildman–Crippen MR) is 202 cm³/mol. The Kier molecular flexibility index (Phi) is 9.66. The van der Waals surface area contributed by atoms with Crippen molar-refractivity contribution in [3.05, 3.63) is 133 Å². The van der Waals surface area contributed by atoms with Crippen LogP contribution in [0.4, 0.5) is 5.95 Å². The number of aromatic amines is 1. The van der Waals surface area contributed by atoms with Gasteiger partial charge in [0.15, 0.2) is 12.2 Å². The first-order valence-electron chi connectivity index (χ1n) is 18.1. The summed E-state index contributed by atoms with van der Waals surface area (Å²) in [5.74, 6) is 0.928. The number of benzene rings is 4. The van der Waals surface area contributed by atoms with Gasteiger partial charge in [0.2, 0.25) is 5.95 Å². The van der Waals surface area contributed by atoms with E-state index in [1.807, 2.05) is 55.0 Å². The maximum Gasteiger partial charge on any atom is 0.256 e. The third-order valence-electron chi connectivity index (χ3n) is 10.4. The summed E-state index contributed by atoms with van der Waals surface area (Å²) in [6, 6.07) is 30.4. The number of nitrogens with zero attached hydrogens (tertiary/aromatic N) is 5. The summed E-state index contributed by atoms with van der Waals surface area (Å²) < 4.78 is 0. The van der Waals surface area contributed by atoms with E-state index in [9.17, 15) is 19.8 Å². The molecule has 2 aliphatic heterocycles. The van der Waals surface area contributed by atoms with E-state index in [0.717, 1.165) is 58.2 Å². The van der Waals surface area contributed by atoms with Crippen LogP contribution < -0.4 is 5.32 Å². The summed E-state index contributed by atoms with van der Waals surface area (Å²) in [4.78, 5) is 46.8. The number of fused-ring (bicyclic) bond motifs is 1. The van der Waals surface area contributed by atoms with Gasteiger partial charge in [0.25, 0.3) is 11.8 Å². The first-order valence-corrected chi connectivity index (χ1v) is 18.1. The molecule has 4 N–H and O–H groups in total. The molecule has 268 valence electrons. The van der Waals surface area contributed by atoms with Gasteiger partial charge < -0.3 is 30.3 Å². The molecule has 0 radical (unpaired) electrons. The lowest BCUT2D eigenvalue weighted by atomic mass is 10.0. The summed E-state index contributed by atoms with van der Waals surface area (Å²) >= 11 is 0. The second-order valence-electron chi connectivity index (χ2n) is 13.9. The van der Waals surface area contributed by atoms with Crippen molar-refractivity contribution in [1.29, 1.82) is 0 Å². The van der Waals surface area contributed by atoms with E-state index < -0.39 is 12.2 Å². The molecule has 6 aromatic rings. The number of likely N-dealkylation sites (tertiary alicyclic amines) is 2. The van der Waals surface area contributed by atoms with Crippen molar-refractivity contribution in [3.63, 3.8) is 0 Å². The SMILES string of the molecule is O=C([C@@H](O)c1ccccc1)N1CC[C@H](CNc2ncc(-c3ccc4cc(-c5cnc([C@@H]6CCCN6C(=O)[C@@H](O)c6ccccc6)[nH]5)ccc4c3)cn2)C1. The number of carbonyl (C=O) groups excluding carboxylic acids is 2. The van der Waals surface area contributed by atoms with Gasteiger partial charge in [-0.25, -0.2) is 15.0 Å². The minimum Gasteiger partial charge on any atom is -0.378 e. The van der Waals surface area contributed by atoms with Crippen molar-refractivity contribution in [2.45, 2.75) is 37.5 Å². The van der Waals surface area contributed by atoms with Crippen LogP contribution in [0.15, 0.2) is 116 Å². The fourth-order valence-corrected chi connectivity index (χ4v) is 7.45. The molecule has 0 spiro atoms. The number of aliphatic hydroxyl groups is 2. The van der Waals surface area contributed by atoms with Gasteiger partial charge in [0.05, 0.1) is 17.9 Å². The van der Waals surface area contributed by atoms with E-state index in [4.69, 9.17) is 0 Å². The largest absolute Gasteiger partial charge is 0.378 e. The zero-order chi connectivity index (χ0) is 36.3. The lowest BCUT2D eigenvalue weighted by molar-refractivity contribution is -0.141. The van der Waals surface area contributed by atoms with Crippen molar-refractivity contribution in [2.24, 2.45) is 5.92 Å². The van der Waals surface area contributed by atoms with Crippen molar-refractivity contribution in [3.8, 4) is 22.4 Å². The van der Waals surface area contributed by atoms with Gasteiger partial charge in [-0.3, -0.25) is 9.59 Å². The Morgan fingerprint density at radius 2 is 1.38 bits per heavy atom. The molecule has 11 heteroatoms. The second-order valence-corrected chi connectivity index (χ2v) is 13.9. The van der Waals surface area contributed by atoms with E-state index in [1.165, 1.54) is 0 Å². The van der Waals surface area contributed by atoms with Gasteiger partial charge in [0.1, 0.15) is 5.82 Å². The number of anilines is 1. The Hall–Kier alpha value is -5.91. The molecule has 4 heterocycles. The average Bonchev–Trinajstić information content (AvgIpc) is 4.01. The van der Waals surface area contributed by atoms with Gasteiger partial charge in [-0.05, 0) is 64.8 Å². The summed E-state index contributed by atoms with van der Waals surface area (Å²) in [6.07, 6.45) is 5.57. The van der Waals surface area contributed by atoms with Crippen molar-refractivity contribution in [1.82, 2.24) is 29.7 Å². The molecular weight excluding hydrogens is 667 g/mol. The highest BCUT2D eigenvalue weighted by Gasteiger charge is 2.35. The van der Waals surface area contributed by atoms with Crippen LogP contribution in [0.3, 0.4) is 0 Å². The molecule has 0 saturated carbocycles. The van der Waals surface area contributed by atoms with Gasteiger partial charge in [-0.15, -0.1) is 0 Å². The monoisotopic (exact) mass is 707 g/mol. The molecule has 8 rings (SSSR count). The zero-order valence-electron chi connectivity index (χ0n) is 29.2. The number of rotatable bonds is 10. The van der Waals surface area contributed by atoms with Crippen molar-refractivity contribution < 1.29 is 19.8 Å². The van der Waals surface area contributed by atoms with Crippen LogP contribution in [0.25, 0.3) is 33.2 Å². The smallest absolute Gasteiger partial charge is 0.256 e. The number of aliphatic hydroxyl groups excluding tert-OH is 2. The zero-order valence-corrected chi connectivity index (χ0v) is 29.2. The minimum absolute atomic E-state index is 0.217. The van der Waals surface area contributed by atoms with Crippen LogP contribution in [0.1, 0.15) is 54.5 Å². The van der Waals surface area contributed by atoms with E-state index in [0.29, 0.717) is 43.3 Å². The van der Waals surface area contributed by atoms with Crippen LogP contribution in [-0.2, 0) is 9.59 Å². The number of H-pyrrole nitrogens is 1. The third-order valence-corrected chi connectivity index (χ3v) is 10.4. The number of hydrogen-bond acceptors (Lipinski definition) is 8. The van der Waals surface area contributed by atoms with Gasteiger partial charge >= 0.3 is 0 Å². The Labute approximate surface area is 307 Å². The van der Waals surface area contributed by atoms with E-state index in [1.54, 1.807) is 34.1 Å². The number of carbonyl (C=O) groups is 2. The molecule has 2 fully saturated rings. The van der Waals surface area contributed by atoms with Crippen LogP contribution in [0.5, 0.6) is 0 Å². The number of imidazole rings is 1. The van der Waals surface area contributed by atoms with Crippen LogP contribution in [0, 0.1) is 5.92 Å². The normalized spacial score (nSPS) is 18.3. The molecule has 4 aromatic carbocycles. The molecule has 0 unspecified atom stereocenters. The minimum atomic E-state index is -1.20. The Morgan fingerprint density at radius 3 is 2.08 bits per heavy atom. The molecular formula is C42H41N7O4. The highest BCUT2D eigenvalue weighted by atomic mass is 16.3. The van der Waals surface area contributed by atoms with Gasteiger partial charge in [-0.1, -0.05) is 84.9 Å².